The molecular formula is C45H66Cl2N3O13PS2. The molecule has 0 saturated carbocycles. The molecule has 66 heavy (non-hydrogen) atoms. The monoisotopic (exact) mass is 1020 g/mol. The topological polar surface area (TPSA) is 215 Å². The van der Waals surface area contributed by atoms with Gasteiger partial charge in [-0.3, -0.25) is 4.79 Å². The van der Waals surface area contributed by atoms with E-state index in [1.54, 1.807) is 6.92 Å². The van der Waals surface area contributed by atoms with Crippen LogP contribution in [0.2, 0.25) is 0 Å². The lowest BCUT2D eigenvalue weighted by Gasteiger charge is -2.20. The molecule has 0 aliphatic carbocycles. The van der Waals surface area contributed by atoms with E-state index in [4.69, 9.17) is 21.8 Å². The molecular weight excluding hydrogens is 957 g/mol. The SMILES string of the molecule is C.CCCN(CCC)CCC.COC(=O)C(=O)NC(C)C(=O)OC.COC(=O)c1nc(C)c(OC)o1.Cc1ccc(P(=O)(c2ccc(C)cc2)c2ccc(C)cc2)cc1.O=S(Cl)Cl.O=S=O. The Kier molecular flexibility index (Phi) is 37.1. The van der Waals surface area contributed by atoms with Gasteiger partial charge in [0.05, 0.1) is 28.4 Å². The van der Waals surface area contributed by atoms with Crippen LogP contribution in [0.4, 0.5) is 0 Å². The molecule has 0 fully saturated rings. The minimum atomic E-state index is -2.84. The maximum atomic E-state index is 14.2. The van der Waals surface area contributed by atoms with E-state index in [0.29, 0.717) is 5.69 Å². The number of benzene rings is 3. The first-order chi connectivity index (χ1) is 30.7. The fraction of sp³-hybridized carbons (Fsp3) is 0.444. The molecule has 1 atom stereocenters. The van der Waals surface area contributed by atoms with Gasteiger partial charge in [-0.05, 0) is 73.5 Å². The van der Waals surface area contributed by atoms with Crippen molar-refractivity contribution >= 4 is 89.0 Å². The van der Waals surface area contributed by atoms with Crippen LogP contribution in [0.15, 0.2) is 77.2 Å². The number of aromatic nitrogens is 1. The van der Waals surface area contributed by atoms with Crippen molar-refractivity contribution in [2.24, 2.45) is 0 Å². The number of oxazole rings is 1. The van der Waals surface area contributed by atoms with Crippen LogP contribution in [-0.4, -0.2) is 100 Å². The van der Waals surface area contributed by atoms with E-state index in [2.05, 4.69) is 71.5 Å². The summed E-state index contributed by atoms with van der Waals surface area (Å²) in [4.78, 5) is 49.3. The average Bonchev–Trinajstić information content (AvgIpc) is 3.67. The number of ether oxygens (including phenoxy) is 4. The maximum absolute atomic E-state index is 14.2. The number of nitrogens with one attached hydrogen (secondary N) is 1. The van der Waals surface area contributed by atoms with Crippen molar-refractivity contribution in [3.63, 3.8) is 0 Å². The van der Waals surface area contributed by atoms with Crippen LogP contribution in [0, 0.1) is 27.7 Å². The Hall–Kier alpha value is -4.71. The molecule has 0 spiro atoms. The highest BCUT2D eigenvalue weighted by molar-refractivity contribution is 8.26. The second-order valence-corrected chi connectivity index (χ2v) is 18.9. The van der Waals surface area contributed by atoms with Gasteiger partial charge in [-0.2, -0.15) is 8.42 Å². The summed E-state index contributed by atoms with van der Waals surface area (Å²) in [7, 11) is 9.48. The first-order valence-corrected chi connectivity index (χ1v) is 25.1. The quantitative estimate of drug-likeness (QED) is 0.0454. The number of hydrogen-bond acceptors (Lipinski definition) is 15. The number of nitrogens with zero attached hydrogens (tertiary/aromatic N) is 2. The van der Waals surface area contributed by atoms with E-state index in [0.717, 1.165) is 23.0 Å². The van der Waals surface area contributed by atoms with Gasteiger partial charge in [0, 0.05) is 37.3 Å². The number of halogens is 2. The van der Waals surface area contributed by atoms with Crippen molar-refractivity contribution in [2.45, 2.75) is 88.1 Å². The van der Waals surface area contributed by atoms with E-state index < -0.39 is 57.8 Å². The minimum absolute atomic E-state index is 0. The van der Waals surface area contributed by atoms with Gasteiger partial charge < -0.3 is 38.1 Å². The first kappa shape index (κ1) is 65.6. The summed E-state index contributed by atoms with van der Waals surface area (Å²) >= 11 is -0.750. The Labute approximate surface area is 405 Å². The zero-order chi connectivity index (χ0) is 50.1. The second kappa shape index (κ2) is 37.4. The van der Waals surface area contributed by atoms with Crippen molar-refractivity contribution in [3.05, 3.63) is 101 Å². The van der Waals surface area contributed by atoms with Gasteiger partial charge in [0.1, 0.15) is 11.7 Å². The molecule has 21 heteroatoms. The smallest absolute Gasteiger partial charge is 0.396 e. The highest BCUT2D eigenvalue weighted by Crippen LogP contribution is 2.42. The summed E-state index contributed by atoms with van der Waals surface area (Å²) in [5.74, 6) is -3.11. The van der Waals surface area contributed by atoms with Crippen molar-refractivity contribution in [3.8, 4) is 5.95 Å². The van der Waals surface area contributed by atoms with Crippen molar-refractivity contribution in [1.82, 2.24) is 15.2 Å². The van der Waals surface area contributed by atoms with E-state index in [1.165, 1.54) is 83.8 Å². The summed E-state index contributed by atoms with van der Waals surface area (Å²) in [6.45, 7) is 19.8. The third kappa shape index (κ3) is 25.8. The van der Waals surface area contributed by atoms with Gasteiger partial charge >= 0.3 is 47.2 Å². The Bertz CT molecular complexity index is 1980. The van der Waals surface area contributed by atoms with E-state index in [1.807, 2.05) is 93.6 Å². The molecule has 3 aromatic carbocycles. The van der Waals surface area contributed by atoms with Crippen molar-refractivity contribution in [1.29, 1.82) is 0 Å². The number of aryl methyl sites for hydroxylation is 4. The molecule has 1 unspecified atom stereocenters. The first-order valence-electron chi connectivity index (χ1n) is 20.0. The van der Waals surface area contributed by atoms with Gasteiger partial charge in [0.15, 0.2) is 7.14 Å². The van der Waals surface area contributed by atoms with Crippen LogP contribution in [0.3, 0.4) is 0 Å². The molecule has 1 amide bonds. The van der Waals surface area contributed by atoms with Gasteiger partial charge in [-0.15, -0.1) is 0 Å². The van der Waals surface area contributed by atoms with Crippen molar-refractivity contribution < 1.29 is 59.7 Å². The third-order valence-electron chi connectivity index (χ3n) is 8.38. The number of esters is 3. The third-order valence-corrected chi connectivity index (χ3v) is 11.5. The fourth-order valence-electron chi connectivity index (χ4n) is 5.33. The van der Waals surface area contributed by atoms with Crippen molar-refractivity contribution in [2.75, 3.05) is 48.1 Å². The normalized spacial score (nSPS) is 10.3. The molecule has 0 bridgehead atoms. The number of carbonyl (C=O) groups excluding carboxylic acids is 4. The number of rotatable bonds is 13. The summed E-state index contributed by atoms with van der Waals surface area (Å²) < 4.78 is 62.4. The van der Waals surface area contributed by atoms with Gasteiger partial charge in [-0.1, -0.05) is 118 Å². The van der Waals surface area contributed by atoms with Crippen LogP contribution < -0.4 is 26.0 Å². The zero-order valence-electron chi connectivity index (χ0n) is 39.0. The molecule has 0 radical (unpaired) electrons. The van der Waals surface area contributed by atoms with Crippen LogP contribution in [0.25, 0.3) is 0 Å². The zero-order valence-corrected chi connectivity index (χ0v) is 43.0. The lowest BCUT2D eigenvalue weighted by atomic mass is 10.2. The number of methoxy groups -OCH3 is 4. The molecule has 0 saturated heterocycles. The molecule has 0 aliphatic heterocycles. The lowest BCUT2D eigenvalue weighted by molar-refractivity contribution is -0.154. The number of carbonyl (C=O) groups is 4. The van der Waals surface area contributed by atoms with Gasteiger partial charge in [-0.25, -0.2) is 23.6 Å². The second-order valence-electron chi connectivity index (χ2n) is 13.5. The molecule has 16 nitrogen and oxygen atoms in total. The Morgan fingerprint density at radius 3 is 1.33 bits per heavy atom. The molecule has 0 aliphatic rings. The standard InChI is InChI=1S/C21H21OP.C9H21N.C7H11NO5.C7H9NO4.CH4.Cl2OS.O2S/c1-16-4-10-19(11-5-16)23(22,20-12-6-17(2)7-13-20)21-14-8-18(3)9-15-21;1-4-7-10(8-5-2)9-6-3;1-4(6(10)12-2)8-5(9)7(11)13-3;1-4-7(11-3)12-5(8-4)6(9)10-2;;1-4(2)3;1-3-2/h4-15H,1-3H3;4-9H2,1-3H3;4H,1-3H3,(H,8,9);1-3H3;1H4;;. The van der Waals surface area contributed by atoms with E-state index in [-0.39, 0.29) is 19.3 Å². The van der Waals surface area contributed by atoms with Crippen LogP contribution in [-0.2, 0) is 54.0 Å². The predicted octanol–water partition coefficient (Wildman–Crippen LogP) is 7.39. The average molecular weight is 1020 g/mol. The Morgan fingerprint density at radius 2 is 1.08 bits per heavy atom. The Morgan fingerprint density at radius 1 is 0.727 bits per heavy atom. The minimum Gasteiger partial charge on any atom is -0.467 e. The van der Waals surface area contributed by atoms with Gasteiger partial charge in [0.2, 0.25) is 9.23 Å². The molecule has 1 N–H and O–H groups in total. The maximum Gasteiger partial charge on any atom is 0.396 e. The van der Waals surface area contributed by atoms with Gasteiger partial charge in [0.25, 0.3) is 0 Å². The fourth-order valence-corrected chi connectivity index (χ4v) is 7.93. The molecule has 1 heterocycles. The van der Waals surface area contributed by atoms with E-state index >= 15 is 0 Å². The van der Waals surface area contributed by atoms with E-state index in [9.17, 15) is 23.7 Å². The number of amides is 1. The predicted molar refractivity (Wildman–Crippen MR) is 264 cm³/mol. The van der Waals surface area contributed by atoms with Crippen LogP contribution in [0.1, 0.15) is 87.5 Å². The van der Waals surface area contributed by atoms with Crippen LogP contribution >= 0.6 is 28.5 Å². The molecule has 1 aromatic heterocycles. The molecule has 4 aromatic rings. The summed E-state index contributed by atoms with van der Waals surface area (Å²) in [5, 5.41) is 4.75. The summed E-state index contributed by atoms with van der Waals surface area (Å²) in [6.07, 6.45) is 3.88. The number of hydrogen-bond donors (Lipinski definition) is 1. The Balaban J connectivity index is -0.000000801. The molecule has 370 valence electrons. The summed E-state index contributed by atoms with van der Waals surface area (Å²) in [6, 6.07) is 23.3. The largest absolute Gasteiger partial charge is 0.467 e. The highest BCUT2D eigenvalue weighted by Gasteiger charge is 2.29. The van der Waals surface area contributed by atoms with Crippen LogP contribution in [0.5, 0.6) is 5.95 Å². The summed E-state index contributed by atoms with van der Waals surface area (Å²) in [5.41, 5.74) is 4.05. The highest BCUT2D eigenvalue weighted by atomic mass is 36.0. The lowest BCUT2D eigenvalue weighted by Crippen LogP contribution is -2.42. The molecule has 4 rings (SSSR count).